The lowest BCUT2D eigenvalue weighted by Crippen LogP contribution is -2.34. The average Bonchev–Trinajstić information content (AvgIpc) is 2.50. The number of anilines is 1. The maximum atomic E-state index is 12.1. The lowest BCUT2D eigenvalue weighted by Gasteiger charge is -2.21. The molecule has 114 valence electrons. The van der Waals surface area contributed by atoms with Crippen LogP contribution in [0.25, 0.3) is 0 Å². The Bertz CT molecular complexity index is 495. The molecule has 1 aliphatic rings. The second-order valence-corrected chi connectivity index (χ2v) is 5.36. The molecule has 1 aromatic rings. The Morgan fingerprint density at radius 1 is 1.29 bits per heavy atom. The summed E-state index contributed by atoms with van der Waals surface area (Å²) in [7, 11) is 0. The van der Waals surface area contributed by atoms with Gasteiger partial charge in [-0.15, -0.1) is 0 Å². The molecule has 1 aliphatic heterocycles. The van der Waals surface area contributed by atoms with Gasteiger partial charge in [-0.3, -0.25) is 9.59 Å². The molecule has 0 spiro atoms. The van der Waals surface area contributed by atoms with Crippen molar-refractivity contribution in [2.45, 2.75) is 25.3 Å². The summed E-state index contributed by atoms with van der Waals surface area (Å²) in [5.41, 5.74) is 7.06. The van der Waals surface area contributed by atoms with E-state index in [4.69, 9.17) is 10.8 Å². The standard InChI is InChI=1S/C15H21N3O3/c16-13(15(20)21)9-10-1-3-12(4-2-10)18-14(19)11-5-7-17-8-6-11/h1-4,11,13,17H,5-9,16H2,(H,18,19)(H,20,21)/t13-/m0/s1. The summed E-state index contributed by atoms with van der Waals surface area (Å²) in [6.07, 6.45) is 1.99. The number of carboxylic acids is 1. The molecule has 1 heterocycles. The van der Waals surface area contributed by atoms with Crippen molar-refractivity contribution in [2.24, 2.45) is 11.7 Å². The molecule has 1 aromatic carbocycles. The first-order valence-corrected chi connectivity index (χ1v) is 7.15. The summed E-state index contributed by atoms with van der Waals surface area (Å²) in [4.78, 5) is 22.8. The van der Waals surface area contributed by atoms with Crippen molar-refractivity contribution in [1.29, 1.82) is 0 Å². The summed E-state index contributed by atoms with van der Waals surface area (Å²) in [5.74, 6) is -0.906. The molecular formula is C15H21N3O3. The van der Waals surface area contributed by atoms with Crippen molar-refractivity contribution >= 4 is 17.6 Å². The molecule has 0 radical (unpaired) electrons. The fourth-order valence-electron chi connectivity index (χ4n) is 2.39. The van der Waals surface area contributed by atoms with Crippen LogP contribution in [0.4, 0.5) is 5.69 Å². The molecular weight excluding hydrogens is 270 g/mol. The molecule has 6 heteroatoms. The van der Waals surface area contributed by atoms with Gasteiger partial charge in [-0.05, 0) is 50.0 Å². The normalized spacial score (nSPS) is 17.2. The first kappa shape index (κ1) is 15.5. The highest BCUT2D eigenvalue weighted by atomic mass is 16.4. The molecule has 6 nitrogen and oxygen atoms in total. The number of carbonyl (C=O) groups is 2. The molecule has 1 fully saturated rings. The van der Waals surface area contributed by atoms with Crippen LogP contribution in [0.1, 0.15) is 18.4 Å². The summed E-state index contributed by atoms with van der Waals surface area (Å²) < 4.78 is 0. The van der Waals surface area contributed by atoms with Crippen LogP contribution in [-0.4, -0.2) is 36.1 Å². The van der Waals surface area contributed by atoms with E-state index in [9.17, 15) is 9.59 Å². The van der Waals surface area contributed by atoms with E-state index in [0.717, 1.165) is 37.2 Å². The Kier molecular flexibility index (Phi) is 5.30. The minimum atomic E-state index is -1.02. The number of nitrogens with one attached hydrogen (secondary N) is 2. The van der Waals surface area contributed by atoms with Gasteiger partial charge in [0.25, 0.3) is 0 Å². The lowest BCUT2D eigenvalue weighted by molar-refractivity contribution is -0.138. The second kappa shape index (κ2) is 7.19. The number of hydrogen-bond donors (Lipinski definition) is 4. The number of nitrogens with two attached hydrogens (primary N) is 1. The molecule has 0 unspecified atom stereocenters. The van der Waals surface area contributed by atoms with E-state index in [0.29, 0.717) is 0 Å². The van der Waals surface area contributed by atoms with Gasteiger partial charge in [-0.2, -0.15) is 0 Å². The van der Waals surface area contributed by atoms with E-state index >= 15 is 0 Å². The SMILES string of the molecule is N[C@@H](Cc1ccc(NC(=O)C2CCNCC2)cc1)C(=O)O. The second-order valence-electron chi connectivity index (χ2n) is 5.36. The van der Waals surface area contributed by atoms with Gasteiger partial charge in [0.1, 0.15) is 6.04 Å². The highest BCUT2D eigenvalue weighted by Crippen LogP contribution is 2.16. The Hall–Kier alpha value is -1.92. The monoisotopic (exact) mass is 291 g/mol. The number of aliphatic carboxylic acids is 1. The van der Waals surface area contributed by atoms with Gasteiger partial charge in [0, 0.05) is 11.6 Å². The van der Waals surface area contributed by atoms with E-state index < -0.39 is 12.0 Å². The molecule has 1 saturated heterocycles. The largest absolute Gasteiger partial charge is 0.480 e. The Morgan fingerprint density at radius 2 is 1.90 bits per heavy atom. The zero-order chi connectivity index (χ0) is 15.2. The fourth-order valence-corrected chi connectivity index (χ4v) is 2.39. The molecule has 0 aromatic heterocycles. The molecule has 1 atom stereocenters. The Morgan fingerprint density at radius 3 is 2.48 bits per heavy atom. The first-order valence-electron chi connectivity index (χ1n) is 7.15. The van der Waals surface area contributed by atoms with Crippen molar-refractivity contribution in [2.75, 3.05) is 18.4 Å². The number of benzene rings is 1. The van der Waals surface area contributed by atoms with Gasteiger partial charge in [0.2, 0.25) is 5.91 Å². The molecule has 5 N–H and O–H groups in total. The molecule has 0 bridgehead atoms. The predicted molar refractivity (Wildman–Crippen MR) is 80.0 cm³/mol. The average molecular weight is 291 g/mol. The van der Waals surface area contributed by atoms with E-state index in [-0.39, 0.29) is 18.2 Å². The number of hydrogen-bond acceptors (Lipinski definition) is 4. The third-order valence-electron chi connectivity index (χ3n) is 3.70. The van der Waals surface area contributed by atoms with Crippen LogP contribution < -0.4 is 16.4 Å². The van der Waals surface area contributed by atoms with E-state index in [1.165, 1.54) is 0 Å². The molecule has 0 saturated carbocycles. The van der Waals surface area contributed by atoms with E-state index in [1.807, 2.05) is 0 Å². The van der Waals surface area contributed by atoms with Crippen molar-refractivity contribution in [3.8, 4) is 0 Å². The predicted octanol–water partition coefficient (Wildman–Crippen LogP) is 0.579. The van der Waals surface area contributed by atoms with Crippen molar-refractivity contribution in [3.63, 3.8) is 0 Å². The Labute approximate surface area is 123 Å². The fraction of sp³-hybridized carbons (Fsp3) is 0.467. The van der Waals surface area contributed by atoms with Crippen molar-refractivity contribution in [3.05, 3.63) is 29.8 Å². The Balaban J connectivity index is 1.89. The van der Waals surface area contributed by atoms with Crippen LogP contribution >= 0.6 is 0 Å². The number of carbonyl (C=O) groups excluding carboxylic acids is 1. The number of piperidine rings is 1. The van der Waals surface area contributed by atoms with Gasteiger partial charge in [-0.1, -0.05) is 12.1 Å². The summed E-state index contributed by atoms with van der Waals surface area (Å²) in [5, 5.41) is 14.9. The number of rotatable bonds is 5. The van der Waals surface area contributed by atoms with E-state index in [1.54, 1.807) is 24.3 Å². The van der Waals surface area contributed by atoms with Gasteiger partial charge >= 0.3 is 5.97 Å². The van der Waals surface area contributed by atoms with Crippen LogP contribution in [-0.2, 0) is 16.0 Å². The van der Waals surface area contributed by atoms with Gasteiger partial charge in [0.15, 0.2) is 0 Å². The van der Waals surface area contributed by atoms with Gasteiger partial charge in [0.05, 0.1) is 0 Å². The topological polar surface area (TPSA) is 104 Å². The van der Waals surface area contributed by atoms with E-state index in [2.05, 4.69) is 10.6 Å². The van der Waals surface area contributed by atoms with Crippen LogP contribution in [0, 0.1) is 5.92 Å². The smallest absolute Gasteiger partial charge is 0.320 e. The first-order chi connectivity index (χ1) is 10.1. The quantitative estimate of drug-likeness (QED) is 0.635. The number of carboxylic acid groups (broad SMARTS) is 1. The third kappa shape index (κ3) is 4.54. The van der Waals surface area contributed by atoms with Crippen LogP contribution in [0.2, 0.25) is 0 Å². The van der Waals surface area contributed by atoms with Crippen LogP contribution in [0.5, 0.6) is 0 Å². The maximum Gasteiger partial charge on any atom is 0.320 e. The molecule has 2 rings (SSSR count). The molecule has 21 heavy (non-hydrogen) atoms. The minimum Gasteiger partial charge on any atom is -0.480 e. The van der Waals surface area contributed by atoms with Crippen molar-refractivity contribution < 1.29 is 14.7 Å². The lowest BCUT2D eigenvalue weighted by atomic mass is 9.97. The van der Waals surface area contributed by atoms with Gasteiger partial charge < -0.3 is 21.5 Å². The summed E-state index contributed by atoms with van der Waals surface area (Å²) >= 11 is 0. The van der Waals surface area contributed by atoms with Gasteiger partial charge in [-0.25, -0.2) is 0 Å². The third-order valence-corrected chi connectivity index (χ3v) is 3.70. The highest BCUT2D eigenvalue weighted by Gasteiger charge is 2.20. The van der Waals surface area contributed by atoms with Crippen LogP contribution in [0.3, 0.4) is 0 Å². The summed E-state index contributed by atoms with van der Waals surface area (Å²) in [6, 6.07) is 6.24. The summed E-state index contributed by atoms with van der Waals surface area (Å²) in [6.45, 7) is 1.76. The highest BCUT2D eigenvalue weighted by molar-refractivity contribution is 5.92. The zero-order valence-electron chi connectivity index (χ0n) is 11.8. The maximum absolute atomic E-state index is 12.1. The molecule has 0 aliphatic carbocycles. The minimum absolute atomic E-state index is 0.0477. The zero-order valence-corrected chi connectivity index (χ0v) is 11.8. The van der Waals surface area contributed by atoms with Crippen molar-refractivity contribution in [1.82, 2.24) is 5.32 Å². The van der Waals surface area contributed by atoms with Crippen LogP contribution in [0.15, 0.2) is 24.3 Å². The number of amides is 1. The molecule has 1 amide bonds.